The van der Waals surface area contributed by atoms with E-state index in [2.05, 4.69) is 5.32 Å². The maximum absolute atomic E-state index is 13.6. The highest BCUT2D eigenvalue weighted by atomic mass is 32.2. The summed E-state index contributed by atoms with van der Waals surface area (Å²) in [6.07, 6.45) is 1.85. The minimum absolute atomic E-state index is 0.0344. The van der Waals surface area contributed by atoms with E-state index in [0.717, 1.165) is 39.2 Å². The first-order valence-corrected chi connectivity index (χ1v) is 13.4. The minimum atomic E-state index is -3.75. The lowest BCUT2D eigenvalue weighted by Crippen LogP contribution is -2.52. The molecule has 0 unspecified atom stereocenters. The summed E-state index contributed by atoms with van der Waals surface area (Å²) in [5.41, 5.74) is 3.99. The van der Waals surface area contributed by atoms with E-state index in [4.69, 9.17) is 0 Å². The molecular formula is C26H37N3O4S. The Bertz CT molecular complexity index is 1130. The highest BCUT2D eigenvalue weighted by Gasteiger charge is 2.31. The molecule has 0 fully saturated rings. The second-order valence-corrected chi connectivity index (χ2v) is 10.9. The van der Waals surface area contributed by atoms with Gasteiger partial charge in [0.05, 0.1) is 11.9 Å². The van der Waals surface area contributed by atoms with Gasteiger partial charge in [0.15, 0.2) is 0 Å². The third kappa shape index (κ3) is 7.06. The summed E-state index contributed by atoms with van der Waals surface area (Å²) in [5, 5.41) is 2.93. The van der Waals surface area contributed by atoms with E-state index in [1.165, 1.54) is 4.90 Å². The Hall–Kier alpha value is -2.87. The molecule has 0 aliphatic heterocycles. The Morgan fingerprint density at radius 3 is 2.24 bits per heavy atom. The summed E-state index contributed by atoms with van der Waals surface area (Å²) in [7, 11) is -3.75. The van der Waals surface area contributed by atoms with Crippen LogP contribution >= 0.6 is 0 Å². The van der Waals surface area contributed by atoms with Crippen LogP contribution in [0.2, 0.25) is 0 Å². The molecule has 0 aromatic heterocycles. The van der Waals surface area contributed by atoms with E-state index in [9.17, 15) is 18.0 Å². The summed E-state index contributed by atoms with van der Waals surface area (Å²) >= 11 is 0. The van der Waals surface area contributed by atoms with Crippen LogP contribution in [0.25, 0.3) is 0 Å². The minimum Gasteiger partial charge on any atom is -0.352 e. The van der Waals surface area contributed by atoms with Crippen LogP contribution in [0.3, 0.4) is 0 Å². The Morgan fingerprint density at radius 1 is 1.00 bits per heavy atom. The van der Waals surface area contributed by atoms with E-state index in [-0.39, 0.29) is 18.5 Å². The van der Waals surface area contributed by atoms with Crippen LogP contribution in [0.5, 0.6) is 0 Å². The van der Waals surface area contributed by atoms with Gasteiger partial charge in [0.1, 0.15) is 12.6 Å². The van der Waals surface area contributed by atoms with Crippen molar-refractivity contribution >= 4 is 27.5 Å². The van der Waals surface area contributed by atoms with Crippen LogP contribution in [0.15, 0.2) is 42.5 Å². The molecule has 34 heavy (non-hydrogen) atoms. The van der Waals surface area contributed by atoms with Crippen molar-refractivity contribution in [2.75, 3.05) is 17.1 Å². The second-order valence-electron chi connectivity index (χ2n) is 9.00. The molecule has 0 bridgehead atoms. The standard InChI is InChI=1S/C26H37N3O4S/c1-8-21(5)27-26(31)22(6)28(16-23-12-10-9-11-19(23)3)25(30)17-29(34(7,32)33)24-15-18(2)13-14-20(24)4/h9-15,21-22H,8,16-17H2,1-7H3,(H,27,31)/t21-,22-/m1/s1. The fourth-order valence-corrected chi connectivity index (χ4v) is 4.50. The number of sulfonamides is 1. The fourth-order valence-electron chi connectivity index (χ4n) is 3.60. The highest BCUT2D eigenvalue weighted by molar-refractivity contribution is 7.92. The molecule has 186 valence electrons. The maximum Gasteiger partial charge on any atom is 0.244 e. The topological polar surface area (TPSA) is 86.8 Å². The van der Waals surface area contributed by atoms with Crippen molar-refractivity contribution in [2.24, 2.45) is 0 Å². The van der Waals surface area contributed by atoms with Crippen molar-refractivity contribution < 1.29 is 18.0 Å². The van der Waals surface area contributed by atoms with Gasteiger partial charge >= 0.3 is 0 Å². The molecule has 2 rings (SSSR count). The predicted molar refractivity (Wildman–Crippen MR) is 137 cm³/mol. The third-order valence-corrected chi connectivity index (χ3v) is 7.21. The molecule has 0 aliphatic carbocycles. The first kappa shape index (κ1) is 27.4. The van der Waals surface area contributed by atoms with Crippen LogP contribution in [0.1, 0.15) is 49.4 Å². The average Bonchev–Trinajstić information content (AvgIpc) is 2.77. The molecule has 0 saturated carbocycles. The van der Waals surface area contributed by atoms with Gasteiger partial charge < -0.3 is 10.2 Å². The Morgan fingerprint density at radius 2 is 1.65 bits per heavy atom. The summed E-state index contributed by atoms with van der Waals surface area (Å²) in [6.45, 7) is 11.0. The second kappa shape index (κ2) is 11.5. The summed E-state index contributed by atoms with van der Waals surface area (Å²) in [6, 6.07) is 12.3. The number of aryl methyl sites for hydroxylation is 3. The molecule has 0 aliphatic rings. The van der Waals surface area contributed by atoms with Gasteiger partial charge in [-0.15, -0.1) is 0 Å². The summed E-state index contributed by atoms with van der Waals surface area (Å²) in [4.78, 5) is 28.0. The van der Waals surface area contributed by atoms with Crippen LogP contribution in [-0.2, 0) is 26.2 Å². The lowest BCUT2D eigenvalue weighted by molar-refractivity contribution is -0.139. The Labute approximate surface area is 204 Å². The maximum atomic E-state index is 13.6. The van der Waals surface area contributed by atoms with Crippen molar-refractivity contribution in [1.82, 2.24) is 10.2 Å². The van der Waals surface area contributed by atoms with E-state index in [0.29, 0.717) is 5.69 Å². The van der Waals surface area contributed by atoms with Crippen molar-refractivity contribution in [1.29, 1.82) is 0 Å². The Kier molecular flexibility index (Phi) is 9.27. The molecule has 1 N–H and O–H groups in total. The number of hydrogen-bond donors (Lipinski definition) is 1. The average molecular weight is 488 g/mol. The molecule has 2 aromatic carbocycles. The molecular weight excluding hydrogens is 450 g/mol. The zero-order chi connectivity index (χ0) is 25.6. The SMILES string of the molecule is CC[C@@H](C)NC(=O)[C@@H](C)N(Cc1ccccc1C)C(=O)CN(c1cc(C)ccc1C)S(C)(=O)=O. The molecule has 2 amide bonds. The zero-order valence-electron chi connectivity index (χ0n) is 21.3. The fraction of sp³-hybridized carbons (Fsp3) is 0.462. The number of nitrogens with zero attached hydrogens (tertiary/aromatic N) is 2. The van der Waals surface area contributed by atoms with Gasteiger partial charge in [-0.05, 0) is 69.4 Å². The molecule has 2 atom stereocenters. The Balaban J connectivity index is 2.45. The van der Waals surface area contributed by atoms with Gasteiger partial charge in [0.2, 0.25) is 21.8 Å². The molecule has 0 saturated heterocycles. The smallest absolute Gasteiger partial charge is 0.244 e. The lowest BCUT2D eigenvalue weighted by Gasteiger charge is -2.32. The monoisotopic (exact) mass is 487 g/mol. The van der Waals surface area contributed by atoms with Crippen LogP contribution in [-0.4, -0.2) is 50.0 Å². The predicted octanol–water partition coefficient (Wildman–Crippen LogP) is 3.71. The largest absolute Gasteiger partial charge is 0.352 e. The van der Waals surface area contributed by atoms with E-state index in [1.54, 1.807) is 13.0 Å². The van der Waals surface area contributed by atoms with Gasteiger partial charge in [-0.25, -0.2) is 8.42 Å². The molecule has 0 heterocycles. The number of benzene rings is 2. The molecule has 0 radical (unpaired) electrons. The van der Waals surface area contributed by atoms with Crippen molar-refractivity contribution in [3.05, 3.63) is 64.7 Å². The number of anilines is 1. The van der Waals surface area contributed by atoms with E-state index < -0.39 is 28.5 Å². The highest BCUT2D eigenvalue weighted by Crippen LogP contribution is 2.25. The number of nitrogens with one attached hydrogen (secondary N) is 1. The van der Waals surface area contributed by atoms with Gasteiger partial charge in [-0.1, -0.05) is 43.3 Å². The van der Waals surface area contributed by atoms with E-state index in [1.807, 2.05) is 71.0 Å². The van der Waals surface area contributed by atoms with E-state index >= 15 is 0 Å². The summed E-state index contributed by atoms with van der Waals surface area (Å²) < 4.78 is 26.6. The summed E-state index contributed by atoms with van der Waals surface area (Å²) in [5.74, 6) is -0.713. The number of carbonyl (C=O) groups excluding carboxylic acids is 2. The molecule has 7 nitrogen and oxygen atoms in total. The van der Waals surface area contributed by atoms with Crippen molar-refractivity contribution in [3.63, 3.8) is 0 Å². The quantitative estimate of drug-likeness (QED) is 0.554. The van der Waals surface area contributed by atoms with Gasteiger partial charge in [0.25, 0.3) is 0 Å². The molecule has 2 aromatic rings. The normalized spacial score (nSPS) is 13.1. The van der Waals surface area contributed by atoms with Gasteiger partial charge in [-0.2, -0.15) is 0 Å². The van der Waals surface area contributed by atoms with Gasteiger partial charge in [-0.3, -0.25) is 13.9 Å². The number of hydrogen-bond acceptors (Lipinski definition) is 4. The van der Waals surface area contributed by atoms with Crippen molar-refractivity contribution in [2.45, 2.75) is 66.6 Å². The molecule has 0 spiro atoms. The number of carbonyl (C=O) groups is 2. The van der Waals surface area contributed by atoms with Crippen LogP contribution in [0, 0.1) is 20.8 Å². The lowest BCUT2D eigenvalue weighted by atomic mass is 10.1. The third-order valence-electron chi connectivity index (χ3n) is 6.08. The zero-order valence-corrected chi connectivity index (χ0v) is 22.1. The van der Waals surface area contributed by atoms with Crippen molar-refractivity contribution in [3.8, 4) is 0 Å². The van der Waals surface area contributed by atoms with Crippen LogP contribution < -0.4 is 9.62 Å². The van der Waals surface area contributed by atoms with Gasteiger partial charge in [0, 0.05) is 12.6 Å². The first-order valence-electron chi connectivity index (χ1n) is 11.5. The number of rotatable bonds is 10. The molecule has 8 heteroatoms. The number of amides is 2. The first-order chi connectivity index (χ1) is 15.8. The van der Waals surface area contributed by atoms with Crippen LogP contribution in [0.4, 0.5) is 5.69 Å².